The van der Waals surface area contributed by atoms with E-state index in [0.29, 0.717) is 6.04 Å². The van der Waals surface area contributed by atoms with E-state index in [0.717, 1.165) is 26.1 Å². The fourth-order valence-electron chi connectivity index (χ4n) is 2.39. The van der Waals surface area contributed by atoms with E-state index in [1.54, 1.807) is 0 Å². The minimum Gasteiger partial charge on any atom is -0.392 e. The Labute approximate surface area is 85.8 Å². The molecule has 2 heterocycles. The normalized spacial score (nSPS) is 34.6. The summed E-state index contributed by atoms with van der Waals surface area (Å²) in [7, 11) is 0. The van der Waals surface area contributed by atoms with E-state index in [4.69, 9.17) is 0 Å². The number of β-amino-alcohol motifs (C(OH)–C–C–N with tert-alkyl or cyclic N) is 1. The molecule has 2 aliphatic rings. The summed E-state index contributed by atoms with van der Waals surface area (Å²) in [5.41, 5.74) is 1.48. The van der Waals surface area contributed by atoms with Crippen molar-refractivity contribution in [3.63, 3.8) is 0 Å². The molecule has 1 fully saturated rings. The first-order valence-corrected chi connectivity index (χ1v) is 5.53. The average Bonchev–Trinajstić information content (AvgIpc) is 2.51. The second kappa shape index (κ2) is 4.43. The monoisotopic (exact) mass is 196 g/mol. The van der Waals surface area contributed by atoms with Gasteiger partial charge in [-0.3, -0.25) is 4.90 Å². The molecule has 2 atom stereocenters. The van der Waals surface area contributed by atoms with Crippen LogP contribution in [0.4, 0.5) is 0 Å². The maximum Gasteiger partial charge on any atom is 0.0680 e. The van der Waals surface area contributed by atoms with Crippen LogP contribution in [-0.2, 0) is 0 Å². The Hall–Kier alpha value is -0.380. The van der Waals surface area contributed by atoms with Gasteiger partial charge in [0, 0.05) is 32.2 Å². The fraction of sp³-hybridized carbons (Fsp3) is 0.818. The molecule has 0 radical (unpaired) electrons. The maximum absolute atomic E-state index is 9.39. The number of aliphatic hydroxyl groups excluding tert-OH is 1. The van der Waals surface area contributed by atoms with Crippen LogP contribution in [0, 0.1) is 0 Å². The molecular formula is C11H20N2O. The number of nitrogens with zero attached hydrogens (tertiary/aromatic N) is 1. The van der Waals surface area contributed by atoms with Crippen LogP contribution in [0.5, 0.6) is 0 Å². The van der Waals surface area contributed by atoms with Crippen molar-refractivity contribution < 1.29 is 5.11 Å². The first-order valence-electron chi connectivity index (χ1n) is 5.53. The zero-order chi connectivity index (χ0) is 9.97. The topological polar surface area (TPSA) is 35.5 Å². The van der Waals surface area contributed by atoms with E-state index in [9.17, 15) is 5.11 Å². The lowest BCUT2D eigenvalue weighted by Gasteiger charge is -2.28. The standard InChI is InChI=1S/C11H20N2O/c1-9-3-2-4-13(7-9)8-10-5-11(14)6-12-10/h3,10-12,14H,2,4-8H2,1H3. The van der Waals surface area contributed by atoms with Gasteiger partial charge >= 0.3 is 0 Å². The van der Waals surface area contributed by atoms with Crippen molar-refractivity contribution in [1.29, 1.82) is 0 Å². The van der Waals surface area contributed by atoms with Crippen molar-refractivity contribution in [2.75, 3.05) is 26.2 Å². The third-order valence-corrected chi connectivity index (χ3v) is 3.09. The third kappa shape index (κ3) is 2.56. The van der Waals surface area contributed by atoms with Crippen LogP contribution in [0.2, 0.25) is 0 Å². The molecular weight excluding hydrogens is 176 g/mol. The number of hydrogen-bond donors (Lipinski definition) is 2. The lowest BCUT2D eigenvalue weighted by molar-refractivity contribution is 0.187. The highest BCUT2D eigenvalue weighted by atomic mass is 16.3. The van der Waals surface area contributed by atoms with Gasteiger partial charge < -0.3 is 10.4 Å². The summed E-state index contributed by atoms with van der Waals surface area (Å²) in [5, 5.41) is 12.7. The Morgan fingerprint density at radius 3 is 3.14 bits per heavy atom. The van der Waals surface area contributed by atoms with E-state index >= 15 is 0 Å². The van der Waals surface area contributed by atoms with Gasteiger partial charge in [-0.1, -0.05) is 11.6 Å². The Kier molecular flexibility index (Phi) is 3.21. The molecule has 14 heavy (non-hydrogen) atoms. The molecule has 0 aromatic carbocycles. The molecule has 0 amide bonds. The van der Waals surface area contributed by atoms with Crippen molar-refractivity contribution in [3.05, 3.63) is 11.6 Å². The smallest absolute Gasteiger partial charge is 0.0680 e. The van der Waals surface area contributed by atoms with Crippen LogP contribution in [0.3, 0.4) is 0 Å². The van der Waals surface area contributed by atoms with Crippen molar-refractivity contribution in [2.45, 2.75) is 31.9 Å². The minimum atomic E-state index is -0.124. The number of rotatable bonds is 2. The van der Waals surface area contributed by atoms with Crippen LogP contribution >= 0.6 is 0 Å². The Balaban J connectivity index is 1.78. The molecule has 80 valence electrons. The molecule has 0 aromatic rings. The van der Waals surface area contributed by atoms with Crippen LogP contribution < -0.4 is 5.32 Å². The van der Waals surface area contributed by atoms with E-state index in [-0.39, 0.29) is 6.10 Å². The highest BCUT2D eigenvalue weighted by Crippen LogP contribution is 2.13. The average molecular weight is 196 g/mol. The largest absolute Gasteiger partial charge is 0.392 e. The maximum atomic E-state index is 9.39. The molecule has 2 unspecified atom stereocenters. The first kappa shape index (κ1) is 10.1. The van der Waals surface area contributed by atoms with Gasteiger partial charge in [0.05, 0.1) is 6.10 Å². The first-order chi connectivity index (χ1) is 6.74. The number of nitrogens with one attached hydrogen (secondary N) is 1. The molecule has 0 bridgehead atoms. The predicted molar refractivity (Wildman–Crippen MR) is 57.2 cm³/mol. The molecule has 1 saturated heterocycles. The second-order valence-corrected chi connectivity index (χ2v) is 4.57. The summed E-state index contributed by atoms with van der Waals surface area (Å²) >= 11 is 0. The van der Waals surface area contributed by atoms with Gasteiger partial charge in [0.15, 0.2) is 0 Å². The predicted octanol–water partition coefficient (Wildman–Crippen LogP) is 0.361. The highest BCUT2D eigenvalue weighted by Gasteiger charge is 2.24. The fourth-order valence-corrected chi connectivity index (χ4v) is 2.39. The molecule has 0 saturated carbocycles. The van der Waals surface area contributed by atoms with Crippen molar-refractivity contribution >= 4 is 0 Å². The summed E-state index contributed by atoms with van der Waals surface area (Å²) in [4.78, 5) is 2.48. The molecule has 0 aliphatic carbocycles. The molecule has 2 aliphatic heterocycles. The van der Waals surface area contributed by atoms with Gasteiger partial charge in [0.2, 0.25) is 0 Å². The van der Waals surface area contributed by atoms with Gasteiger partial charge in [-0.25, -0.2) is 0 Å². The molecule has 2 N–H and O–H groups in total. The molecule has 3 nitrogen and oxygen atoms in total. The quantitative estimate of drug-likeness (QED) is 0.626. The SMILES string of the molecule is CC1=CCCN(CC2CC(O)CN2)C1. The van der Waals surface area contributed by atoms with Crippen LogP contribution in [-0.4, -0.2) is 48.3 Å². The van der Waals surface area contributed by atoms with E-state index in [1.807, 2.05) is 0 Å². The van der Waals surface area contributed by atoms with Gasteiger partial charge in [-0.15, -0.1) is 0 Å². The van der Waals surface area contributed by atoms with E-state index in [2.05, 4.69) is 23.2 Å². The zero-order valence-corrected chi connectivity index (χ0v) is 8.87. The van der Waals surface area contributed by atoms with Gasteiger partial charge in [0.1, 0.15) is 0 Å². The van der Waals surface area contributed by atoms with Crippen molar-refractivity contribution in [1.82, 2.24) is 10.2 Å². The van der Waals surface area contributed by atoms with Gasteiger partial charge in [0.25, 0.3) is 0 Å². The lowest BCUT2D eigenvalue weighted by atomic mass is 10.1. The number of aliphatic hydroxyl groups is 1. The highest BCUT2D eigenvalue weighted by molar-refractivity contribution is 5.05. The molecule has 2 rings (SSSR count). The summed E-state index contributed by atoms with van der Waals surface area (Å²) in [5.74, 6) is 0. The molecule has 0 aromatic heterocycles. The summed E-state index contributed by atoms with van der Waals surface area (Å²) in [6.45, 7) is 6.33. The molecule has 3 heteroatoms. The van der Waals surface area contributed by atoms with Gasteiger partial charge in [-0.05, 0) is 19.8 Å². The molecule has 0 spiro atoms. The third-order valence-electron chi connectivity index (χ3n) is 3.09. The Morgan fingerprint density at radius 1 is 1.64 bits per heavy atom. The van der Waals surface area contributed by atoms with Crippen molar-refractivity contribution in [2.24, 2.45) is 0 Å². The van der Waals surface area contributed by atoms with Crippen LogP contribution in [0.25, 0.3) is 0 Å². The Bertz CT molecular complexity index is 227. The van der Waals surface area contributed by atoms with Gasteiger partial charge in [-0.2, -0.15) is 0 Å². The van der Waals surface area contributed by atoms with Crippen LogP contribution in [0.15, 0.2) is 11.6 Å². The zero-order valence-electron chi connectivity index (χ0n) is 8.87. The minimum absolute atomic E-state index is 0.124. The summed E-state index contributed by atoms with van der Waals surface area (Å²) in [6.07, 6.45) is 4.30. The van der Waals surface area contributed by atoms with Crippen LogP contribution in [0.1, 0.15) is 19.8 Å². The summed E-state index contributed by atoms with van der Waals surface area (Å²) < 4.78 is 0. The number of hydrogen-bond acceptors (Lipinski definition) is 3. The van der Waals surface area contributed by atoms with Crippen molar-refractivity contribution in [3.8, 4) is 0 Å². The van der Waals surface area contributed by atoms with E-state index in [1.165, 1.54) is 18.5 Å². The van der Waals surface area contributed by atoms with E-state index < -0.39 is 0 Å². The lowest BCUT2D eigenvalue weighted by Crippen LogP contribution is -2.40. The summed E-state index contributed by atoms with van der Waals surface area (Å²) in [6, 6.07) is 0.496. The Morgan fingerprint density at radius 2 is 2.50 bits per heavy atom. The second-order valence-electron chi connectivity index (χ2n) is 4.57.